The Labute approximate surface area is 136 Å². The first kappa shape index (κ1) is 15.7. The van der Waals surface area contributed by atoms with E-state index in [0.717, 1.165) is 35.1 Å². The van der Waals surface area contributed by atoms with E-state index >= 15 is 0 Å². The Morgan fingerprint density at radius 3 is 2.70 bits per heavy atom. The second-order valence-corrected chi connectivity index (χ2v) is 6.26. The first-order valence-corrected chi connectivity index (χ1v) is 8.05. The number of hydrogen-bond donors (Lipinski definition) is 1. The minimum absolute atomic E-state index is 0.0227. The molecule has 1 aliphatic heterocycles. The topological polar surface area (TPSA) is 46.2 Å². The summed E-state index contributed by atoms with van der Waals surface area (Å²) in [7, 11) is 0. The number of nitrogens with one attached hydrogen (secondary N) is 1. The molecule has 2 aromatic carbocycles. The number of thioether (sulfide) groups is 1. The van der Waals surface area contributed by atoms with E-state index in [2.05, 4.69) is 5.32 Å². The summed E-state index contributed by atoms with van der Waals surface area (Å²) in [4.78, 5) is 24.1. The van der Waals surface area contributed by atoms with Crippen LogP contribution in [0.4, 0.5) is 14.5 Å². The summed E-state index contributed by atoms with van der Waals surface area (Å²) in [6.07, 6.45) is 1.02. The Kier molecular flexibility index (Phi) is 4.43. The predicted molar refractivity (Wildman–Crippen MR) is 84.8 cm³/mol. The highest BCUT2D eigenvalue weighted by molar-refractivity contribution is 8.00. The molecular weight excluding hydrogens is 320 g/mol. The van der Waals surface area contributed by atoms with Gasteiger partial charge in [0.1, 0.15) is 0 Å². The highest BCUT2D eigenvalue weighted by atomic mass is 32.2. The van der Waals surface area contributed by atoms with E-state index in [9.17, 15) is 18.4 Å². The summed E-state index contributed by atoms with van der Waals surface area (Å²) < 4.78 is 26.0. The fourth-order valence-corrected chi connectivity index (χ4v) is 3.17. The third-order valence-corrected chi connectivity index (χ3v) is 4.58. The van der Waals surface area contributed by atoms with Crippen LogP contribution in [0.25, 0.3) is 0 Å². The van der Waals surface area contributed by atoms with Crippen molar-refractivity contribution in [1.82, 2.24) is 0 Å². The monoisotopic (exact) mass is 333 g/mol. The Morgan fingerprint density at radius 2 is 1.91 bits per heavy atom. The lowest BCUT2D eigenvalue weighted by molar-refractivity contribution is -0.116. The molecule has 1 aliphatic rings. The predicted octanol–water partition coefficient (Wildman–Crippen LogP) is 3.82. The van der Waals surface area contributed by atoms with Crippen LogP contribution in [0.3, 0.4) is 0 Å². The molecule has 0 saturated heterocycles. The van der Waals surface area contributed by atoms with E-state index < -0.39 is 11.6 Å². The first-order valence-electron chi connectivity index (χ1n) is 7.07. The molecule has 0 fully saturated rings. The summed E-state index contributed by atoms with van der Waals surface area (Å²) in [5.74, 6) is -1.81. The lowest BCUT2D eigenvalue weighted by Crippen LogP contribution is -2.19. The van der Waals surface area contributed by atoms with E-state index in [1.165, 1.54) is 6.07 Å². The number of halogens is 2. The average Bonchev–Trinajstić information content (AvgIpc) is 2.55. The maximum absolute atomic E-state index is 13.1. The molecule has 1 heterocycles. The minimum Gasteiger partial charge on any atom is -0.326 e. The third-order valence-electron chi connectivity index (χ3n) is 3.58. The molecule has 118 valence electrons. The smallest absolute Gasteiger partial charge is 0.224 e. The van der Waals surface area contributed by atoms with Crippen LogP contribution in [-0.4, -0.2) is 17.4 Å². The van der Waals surface area contributed by atoms with Crippen LogP contribution >= 0.6 is 11.8 Å². The SMILES string of the molecule is O=C1CCc2cc(C(=O)CSc3ccc(F)c(F)c3)ccc2N1. The summed E-state index contributed by atoms with van der Waals surface area (Å²) in [5.41, 5.74) is 2.23. The molecule has 3 rings (SSSR count). The lowest BCUT2D eigenvalue weighted by Gasteiger charge is -2.17. The van der Waals surface area contributed by atoms with E-state index in [1.54, 1.807) is 18.2 Å². The molecule has 0 aromatic heterocycles. The number of anilines is 1. The largest absolute Gasteiger partial charge is 0.326 e. The van der Waals surface area contributed by atoms with Crippen molar-refractivity contribution >= 4 is 29.1 Å². The van der Waals surface area contributed by atoms with E-state index in [0.29, 0.717) is 23.3 Å². The van der Waals surface area contributed by atoms with Crippen molar-refractivity contribution in [1.29, 1.82) is 0 Å². The summed E-state index contributed by atoms with van der Waals surface area (Å²) in [6.45, 7) is 0. The van der Waals surface area contributed by atoms with Gasteiger partial charge >= 0.3 is 0 Å². The van der Waals surface area contributed by atoms with E-state index in [-0.39, 0.29) is 17.4 Å². The van der Waals surface area contributed by atoms with Gasteiger partial charge in [0.25, 0.3) is 0 Å². The molecule has 0 atom stereocenters. The molecular formula is C17H13F2NO2S. The molecule has 0 saturated carbocycles. The zero-order valence-electron chi connectivity index (χ0n) is 12.1. The Morgan fingerprint density at radius 1 is 1.09 bits per heavy atom. The van der Waals surface area contributed by atoms with Gasteiger partial charge in [-0.1, -0.05) is 0 Å². The number of benzene rings is 2. The second kappa shape index (κ2) is 6.50. The molecule has 6 heteroatoms. The van der Waals surface area contributed by atoms with Gasteiger partial charge in [0.15, 0.2) is 17.4 Å². The number of Topliss-reactive ketones (excluding diaryl/α,β-unsaturated/α-hetero) is 1. The van der Waals surface area contributed by atoms with E-state index in [1.807, 2.05) is 0 Å². The second-order valence-electron chi connectivity index (χ2n) is 5.21. The normalized spacial score (nSPS) is 13.4. The molecule has 0 radical (unpaired) electrons. The molecule has 2 aromatic rings. The average molecular weight is 333 g/mol. The van der Waals surface area contributed by atoms with Crippen molar-refractivity contribution in [3.8, 4) is 0 Å². The molecule has 3 nitrogen and oxygen atoms in total. The van der Waals surface area contributed by atoms with Gasteiger partial charge < -0.3 is 5.32 Å². The number of aryl methyl sites for hydroxylation is 1. The molecule has 23 heavy (non-hydrogen) atoms. The summed E-state index contributed by atoms with van der Waals surface area (Å²) in [5, 5.41) is 2.76. The molecule has 0 spiro atoms. The van der Waals surface area contributed by atoms with Crippen molar-refractivity contribution in [2.75, 3.05) is 11.1 Å². The minimum atomic E-state index is -0.924. The number of amides is 1. The molecule has 0 bridgehead atoms. The molecule has 0 aliphatic carbocycles. The van der Waals surface area contributed by atoms with Crippen molar-refractivity contribution in [3.05, 3.63) is 59.2 Å². The van der Waals surface area contributed by atoms with Gasteiger partial charge in [-0.3, -0.25) is 9.59 Å². The first-order chi connectivity index (χ1) is 11.0. The van der Waals surface area contributed by atoms with Crippen molar-refractivity contribution < 1.29 is 18.4 Å². The van der Waals surface area contributed by atoms with Crippen molar-refractivity contribution in [3.63, 3.8) is 0 Å². The number of rotatable bonds is 4. The lowest BCUT2D eigenvalue weighted by atomic mass is 9.99. The van der Waals surface area contributed by atoms with Crippen LogP contribution in [-0.2, 0) is 11.2 Å². The van der Waals surface area contributed by atoms with Crippen LogP contribution in [0, 0.1) is 11.6 Å². The summed E-state index contributed by atoms with van der Waals surface area (Å²) >= 11 is 1.16. The standard InChI is InChI=1S/C17H13F2NO2S/c18-13-4-3-12(8-14(13)19)23-9-16(21)11-1-5-15-10(7-11)2-6-17(22)20-15/h1,3-5,7-8H,2,6,9H2,(H,20,22). The zero-order chi connectivity index (χ0) is 16.4. The molecule has 1 N–H and O–H groups in total. The fraction of sp³-hybridized carbons (Fsp3) is 0.176. The van der Waals surface area contributed by atoms with Gasteiger partial charge in [-0.15, -0.1) is 11.8 Å². The van der Waals surface area contributed by atoms with Crippen LogP contribution in [0.5, 0.6) is 0 Å². The van der Waals surface area contributed by atoms with Crippen LogP contribution in [0.1, 0.15) is 22.3 Å². The van der Waals surface area contributed by atoms with Gasteiger partial charge in [-0.05, 0) is 48.4 Å². The van der Waals surface area contributed by atoms with Gasteiger partial charge in [0.2, 0.25) is 5.91 Å². The number of ketones is 1. The Bertz CT molecular complexity index is 792. The number of carbonyl (C=O) groups excluding carboxylic acids is 2. The highest BCUT2D eigenvalue weighted by Crippen LogP contribution is 2.25. The number of carbonyl (C=O) groups is 2. The number of hydrogen-bond acceptors (Lipinski definition) is 3. The Balaban J connectivity index is 1.68. The third kappa shape index (κ3) is 3.59. The fourth-order valence-electron chi connectivity index (χ4n) is 2.36. The van der Waals surface area contributed by atoms with Gasteiger partial charge in [0, 0.05) is 22.6 Å². The van der Waals surface area contributed by atoms with E-state index in [4.69, 9.17) is 0 Å². The van der Waals surface area contributed by atoms with Crippen molar-refractivity contribution in [2.45, 2.75) is 17.7 Å². The van der Waals surface area contributed by atoms with Gasteiger partial charge in [0.05, 0.1) is 5.75 Å². The van der Waals surface area contributed by atoms with Gasteiger partial charge in [-0.2, -0.15) is 0 Å². The maximum atomic E-state index is 13.1. The quantitative estimate of drug-likeness (QED) is 0.683. The number of fused-ring (bicyclic) bond motifs is 1. The van der Waals surface area contributed by atoms with Crippen molar-refractivity contribution in [2.24, 2.45) is 0 Å². The Hall–Kier alpha value is -2.21. The zero-order valence-corrected chi connectivity index (χ0v) is 12.9. The van der Waals surface area contributed by atoms with Crippen LogP contribution in [0.2, 0.25) is 0 Å². The molecule has 1 amide bonds. The van der Waals surface area contributed by atoms with Gasteiger partial charge in [-0.25, -0.2) is 8.78 Å². The van der Waals surface area contributed by atoms with Crippen LogP contribution < -0.4 is 5.32 Å². The summed E-state index contributed by atoms with van der Waals surface area (Å²) in [6, 6.07) is 8.74. The highest BCUT2D eigenvalue weighted by Gasteiger charge is 2.17. The van der Waals surface area contributed by atoms with Crippen LogP contribution in [0.15, 0.2) is 41.3 Å². The maximum Gasteiger partial charge on any atom is 0.224 e. The molecule has 0 unspecified atom stereocenters.